The van der Waals surface area contributed by atoms with Crippen molar-refractivity contribution in [3.63, 3.8) is 0 Å². The first kappa shape index (κ1) is 25.9. The number of aryl methyl sites for hydroxylation is 1. The molecule has 1 aliphatic heterocycles. The van der Waals surface area contributed by atoms with E-state index in [0.717, 1.165) is 17.7 Å². The van der Waals surface area contributed by atoms with Gasteiger partial charge in [0.25, 0.3) is 11.8 Å². The van der Waals surface area contributed by atoms with Gasteiger partial charge in [-0.2, -0.15) is 8.42 Å². The Labute approximate surface area is 216 Å². The van der Waals surface area contributed by atoms with Crippen LogP contribution in [0.25, 0.3) is 6.08 Å². The molecule has 4 rings (SSSR count). The standard InChI is InChI=1S/C25H18ClFN2O7S/c1-14-7-9-16(10-8-14)37(33,34)36-22-18(26)12-15(13-21(22)35-2)11-17-23(30)28-25(32)29(24(17)31)20-6-4-3-5-19(20)27/h3-13H,1-2H3,(H,28,30,32)/b17-11-. The lowest BCUT2D eigenvalue weighted by molar-refractivity contribution is -0.122. The van der Waals surface area contributed by atoms with Crippen LogP contribution >= 0.6 is 11.6 Å². The first-order valence-corrected chi connectivity index (χ1v) is 12.3. The zero-order valence-corrected chi connectivity index (χ0v) is 20.9. The van der Waals surface area contributed by atoms with E-state index in [2.05, 4.69) is 0 Å². The number of imide groups is 2. The Bertz CT molecular complexity index is 1570. The number of hydrogen-bond acceptors (Lipinski definition) is 7. The molecular weight excluding hydrogens is 527 g/mol. The number of ether oxygens (including phenoxy) is 1. The van der Waals surface area contributed by atoms with Gasteiger partial charge in [-0.05, 0) is 55.0 Å². The number of carbonyl (C=O) groups is 3. The summed E-state index contributed by atoms with van der Waals surface area (Å²) in [5.41, 5.74) is 0.151. The van der Waals surface area contributed by atoms with E-state index in [-0.39, 0.29) is 32.7 Å². The maximum absolute atomic E-state index is 14.3. The van der Waals surface area contributed by atoms with Crippen LogP contribution < -0.4 is 19.1 Å². The molecule has 0 saturated carbocycles. The average Bonchev–Trinajstić information content (AvgIpc) is 2.84. The number of urea groups is 1. The number of benzene rings is 3. The van der Waals surface area contributed by atoms with Crippen molar-refractivity contribution in [2.75, 3.05) is 12.0 Å². The van der Waals surface area contributed by atoms with Crippen molar-refractivity contribution in [3.05, 3.63) is 88.2 Å². The SMILES string of the molecule is COc1cc(/C=C2/C(=O)NC(=O)N(c3ccccc3F)C2=O)cc(Cl)c1OS(=O)(=O)c1ccc(C)cc1. The van der Waals surface area contributed by atoms with E-state index in [0.29, 0.717) is 4.90 Å². The molecule has 3 aromatic carbocycles. The number of barbiturate groups is 1. The predicted octanol–water partition coefficient (Wildman–Crippen LogP) is 4.23. The zero-order chi connectivity index (χ0) is 26.9. The fourth-order valence-corrected chi connectivity index (χ4v) is 4.70. The molecular formula is C25H18ClFN2O7S. The molecule has 1 fully saturated rings. The van der Waals surface area contributed by atoms with Gasteiger partial charge in [0.15, 0.2) is 5.75 Å². The molecule has 1 aliphatic rings. The van der Waals surface area contributed by atoms with Gasteiger partial charge in [0.1, 0.15) is 16.3 Å². The lowest BCUT2D eigenvalue weighted by atomic mass is 10.1. The third-order valence-corrected chi connectivity index (χ3v) is 6.78. The van der Waals surface area contributed by atoms with Gasteiger partial charge in [-0.25, -0.2) is 14.1 Å². The Kier molecular flexibility index (Phi) is 7.01. The molecule has 0 unspecified atom stereocenters. The second-order valence-electron chi connectivity index (χ2n) is 7.79. The summed E-state index contributed by atoms with van der Waals surface area (Å²) < 4.78 is 50.2. The van der Waals surface area contributed by atoms with Crippen LogP contribution in [-0.4, -0.2) is 33.4 Å². The minimum Gasteiger partial charge on any atom is -0.493 e. The van der Waals surface area contributed by atoms with E-state index < -0.39 is 39.4 Å². The van der Waals surface area contributed by atoms with Crippen molar-refractivity contribution in [2.24, 2.45) is 0 Å². The number of para-hydroxylation sites is 1. The Hall–Kier alpha value is -4.22. The van der Waals surface area contributed by atoms with Crippen molar-refractivity contribution < 1.29 is 36.1 Å². The zero-order valence-electron chi connectivity index (χ0n) is 19.3. The highest BCUT2D eigenvalue weighted by Crippen LogP contribution is 2.39. The van der Waals surface area contributed by atoms with Crippen molar-refractivity contribution in [1.29, 1.82) is 0 Å². The third-order valence-electron chi connectivity index (χ3n) is 5.26. The van der Waals surface area contributed by atoms with Gasteiger partial charge in [-0.15, -0.1) is 0 Å². The summed E-state index contributed by atoms with van der Waals surface area (Å²) in [5, 5.41) is 1.79. The van der Waals surface area contributed by atoms with Gasteiger partial charge in [0.2, 0.25) is 5.75 Å². The minimum absolute atomic E-state index is 0.107. The van der Waals surface area contributed by atoms with Crippen LogP contribution in [0.3, 0.4) is 0 Å². The van der Waals surface area contributed by atoms with Gasteiger partial charge >= 0.3 is 16.1 Å². The molecule has 1 heterocycles. The molecule has 0 bridgehead atoms. The van der Waals surface area contributed by atoms with Crippen molar-refractivity contribution in [2.45, 2.75) is 11.8 Å². The molecule has 0 spiro atoms. The summed E-state index contributed by atoms with van der Waals surface area (Å²) in [4.78, 5) is 38.2. The molecule has 3 aromatic rings. The van der Waals surface area contributed by atoms with E-state index in [4.69, 9.17) is 20.5 Å². The van der Waals surface area contributed by atoms with E-state index in [9.17, 15) is 27.2 Å². The van der Waals surface area contributed by atoms with Gasteiger partial charge in [0, 0.05) is 0 Å². The Morgan fingerprint density at radius 1 is 1.03 bits per heavy atom. The third kappa shape index (κ3) is 5.18. The number of carbonyl (C=O) groups excluding carboxylic acids is 3. The molecule has 9 nitrogen and oxygen atoms in total. The summed E-state index contributed by atoms with van der Waals surface area (Å²) in [7, 11) is -3.03. The minimum atomic E-state index is -4.27. The van der Waals surface area contributed by atoms with Crippen LogP contribution in [-0.2, 0) is 19.7 Å². The largest absolute Gasteiger partial charge is 0.493 e. The number of nitrogens with one attached hydrogen (secondary N) is 1. The molecule has 0 aliphatic carbocycles. The number of amides is 4. The van der Waals surface area contributed by atoms with E-state index >= 15 is 0 Å². The number of nitrogens with zero attached hydrogens (tertiary/aromatic N) is 1. The number of hydrogen-bond donors (Lipinski definition) is 1. The number of anilines is 1. The van der Waals surface area contributed by atoms with Crippen LogP contribution in [0, 0.1) is 12.7 Å². The second-order valence-corrected chi connectivity index (χ2v) is 9.75. The number of halogens is 2. The lowest BCUT2D eigenvalue weighted by Crippen LogP contribution is -2.54. The molecule has 12 heteroatoms. The Morgan fingerprint density at radius 3 is 2.35 bits per heavy atom. The monoisotopic (exact) mass is 544 g/mol. The first-order chi connectivity index (χ1) is 17.5. The van der Waals surface area contributed by atoms with Crippen molar-refractivity contribution >= 4 is 51.3 Å². The first-order valence-electron chi connectivity index (χ1n) is 10.6. The van der Waals surface area contributed by atoms with Gasteiger partial charge in [-0.1, -0.05) is 41.4 Å². The molecule has 1 N–H and O–H groups in total. The van der Waals surface area contributed by atoms with Gasteiger partial charge in [-0.3, -0.25) is 14.9 Å². The molecule has 37 heavy (non-hydrogen) atoms. The Morgan fingerprint density at radius 2 is 1.70 bits per heavy atom. The maximum Gasteiger partial charge on any atom is 0.339 e. The highest BCUT2D eigenvalue weighted by Gasteiger charge is 2.38. The lowest BCUT2D eigenvalue weighted by Gasteiger charge is -2.26. The van der Waals surface area contributed by atoms with Gasteiger partial charge in [0.05, 0.1) is 17.8 Å². The number of rotatable bonds is 6. The molecule has 4 amide bonds. The van der Waals surface area contributed by atoms with Crippen LogP contribution in [0.1, 0.15) is 11.1 Å². The summed E-state index contributed by atoms with van der Waals surface area (Å²) in [6.45, 7) is 1.80. The predicted molar refractivity (Wildman–Crippen MR) is 132 cm³/mol. The normalized spacial score (nSPS) is 15.1. The smallest absolute Gasteiger partial charge is 0.339 e. The van der Waals surface area contributed by atoms with E-state index in [1.54, 1.807) is 19.1 Å². The molecule has 190 valence electrons. The van der Waals surface area contributed by atoms with E-state index in [1.165, 1.54) is 49.6 Å². The molecule has 0 aromatic heterocycles. The maximum atomic E-state index is 14.3. The van der Waals surface area contributed by atoms with Crippen LogP contribution in [0.5, 0.6) is 11.5 Å². The van der Waals surface area contributed by atoms with Crippen LogP contribution in [0.15, 0.2) is 71.1 Å². The second kappa shape index (κ2) is 10.0. The summed E-state index contributed by atoms with van der Waals surface area (Å²) in [6.07, 6.45) is 1.10. The van der Waals surface area contributed by atoms with Crippen LogP contribution in [0.4, 0.5) is 14.9 Å². The van der Waals surface area contributed by atoms with Gasteiger partial charge < -0.3 is 8.92 Å². The topological polar surface area (TPSA) is 119 Å². The fraction of sp³-hybridized carbons (Fsp3) is 0.0800. The summed E-state index contributed by atoms with van der Waals surface area (Å²) >= 11 is 6.29. The Balaban J connectivity index is 1.71. The molecule has 0 radical (unpaired) electrons. The average molecular weight is 545 g/mol. The number of methoxy groups -OCH3 is 1. The summed E-state index contributed by atoms with van der Waals surface area (Å²) in [5.74, 6) is -3.35. The quantitative estimate of drug-likeness (QED) is 0.280. The fourth-order valence-electron chi connectivity index (χ4n) is 3.44. The summed E-state index contributed by atoms with van der Waals surface area (Å²) in [6, 6.07) is 12.4. The van der Waals surface area contributed by atoms with Crippen LogP contribution in [0.2, 0.25) is 5.02 Å². The highest BCUT2D eigenvalue weighted by molar-refractivity contribution is 7.87. The van der Waals surface area contributed by atoms with E-state index in [1.807, 2.05) is 5.32 Å². The molecule has 1 saturated heterocycles. The molecule has 0 atom stereocenters. The van der Waals surface area contributed by atoms with Crippen molar-refractivity contribution in [1.82, 2.24) is 5.32 Å². The highest BCUT2D eigenvalue weighted by atomic mass is 35.5. The van der Waals surface area contributed by atoms with Crippen molar-refractivity contribution in [3.8, 4) is 11.5 Å².